The molecule has 8 nitrogen and oxygen atoms in total. The van der Waals surface area contributed by atoms with Crippen LogP contribution in [0, 0.1) is 5.82 Å². The molecule has 2 aromatic rings. The summed E-state index contributed by atoms with van der Waals surface area (Å²) in [6, 6.07) is 12.2. The number of rotatable bonds is 12. The van der Waals surface area contributed by atoms with E-state index < -0.39 is 18.5 Å². The van der Waals surface area contributed by atoms with Gasteiger partial charge in [0.25, 0.3) is 0 Å². The van der Waals surface area contributed by atoms with E-state index in [1.807, 2.05) is 42.2 Å². The molecule has 0 bridgehead atoms. The normalized spacial score (nSPS) is 17.8. The van der Waals surface area contributed by atoms with Gasteiger partial charge >= 0.3 is 7.75 Å². The maximum Gasteiger partial charge on any atom is 0.405 e. The number of benzene rings is 2. The largest absolute Gasteiger partial charge is 0.405 e. The third-order valence-corrected chi connectivity index (χ3v) is 10.1. The number of nitrogens with zero attached hydrogens (tertiary/aromatic N) is 2. The minimum absolute atomic E-state index is 0.0422. The van der Waals surface area contributed by atoms with Crippen LogP contribution in [-0.4, -0.2) is 78.7 Å². The summed E-state index contributed by atoms with van der Waals surface area (Å²) >= 11 is 0. The van der Waals surface area contributed by atoms with Gasteiger partial charge in [0.2, 0.25) is 5.91 Å². The minimum Gasteiger partial charge on any atom is -0.340 e. The van der Waals surface area contributed by atoms with E-state index in [4.69, 9.17) is 9.05 Å². The maximum absolute atomic E-state index is 14.3. The number of halogens is 1. The van der Waals surface area contributed by atoms with Gasteiger partial charge in [0.15, 0.2) is 0 Å². The lowest BCUT2D eigenvalue weighted by molar-refractivity contribution is -0.131. The van der Waals surface area contributed by atoms with E-state index in [1.165, 1.54) is 12.1 Å². The van der Waals surface area contributed by atoms with E-state index in [-0.39, 0.29) is 18.1 Å². The van der Waals surface area contributed by atoms with Gasteiger partial charge < -0.3 is 4.90 Å². The van der Waals surface area contributed by atoms with Crippen LogP contribution in [0.4, 0.5) is 4.39 Å². The Kier molecular flexibility index (Phi) is 10.9. The summed E-state index contributed by atoms with van der Waals surface area (Å²) < 4.78 is 49.2. The Bertz CT molecular complexity index is 1380. The second-order valence-corrected chi connectivity index (χ2v) is 13.2. The zero-order chi connectivity index (χ0) is 29.6. The monoisotopic (exact) mass is 603 g/mol. The second kappa shape index (κ2) is 14.1. The number of carbonyl (C=O) groups excluding carboxylic acids is 1. The molecule has 1 aliphatic carbocycles. The molecule has 1 unspecified atom stereocenters. The van der Waals surface area contributed by atoms with Gasteiger partial charge in [0.05, 0.1) is 19.6 Å². The fourth-order valence-corrected chi connectivity index (χ4v) is 7.03. The summed E-state index contributed by atoms with van der Waals surface area (Å²) in [6.07, 6.45) is 3.88. The highest BCUT2D eigenvalue weighted by atomic mass is 32.2. The number of piperazine rings is 1. The van der Waals surface area contributed by atoms with Crippen LogP contribution in [0.25, 0.3) is 17.2 Å². The molecule has 0 radical (unpaired) electrons. The zero-order valence-electron chi connectivity index (χ0n) is 24.2. The molecule has 0 saturated carbocycles. The van der Waals surface area contributed by atoms with Gasteiger partial charge in [0, 0.05) is 61.2 Å². The van der Waals surface area contributed by atoms with Crippen molar-refractivity contribution in [2.24, 2.45) is 0 Å². The topological polar surface area (TPSA) is 88.2 Å². The van der Waals surface area contributed by atoms with Crippen molar-refractivity contribution in [2.75, 3.05) is 58.7 Å². The van der Waals surface area contributed by atoms with Crippen LogP contribution in [-0.2, 0) is 29.2 Å². The van der Waals surface area contributed by atoms with Gasteiger partial charge in [-0.2, -0.15) is 0 Å². The van der Waals surface area contributed by atoms with Crippen molar-refractivity contribution in [1.82, 2.24) is 14.9 Å². The van der Waals surface area contributed by atoms with Crippen molar-refractivity contribution >= 4 is 41.7 Å². The number of carbonyl (C=O) groups is 1. The number of allylic oxidation sites excluding steroid dienone is 2. The number of hydrogen-bond acceptors (Lipinski definition) is 6. The molecule has 0 spiro atoms. The number of fused-ring (bicyclic) bond motifs is 1. The second-order valence-electron chi connectivity index (χ2n) is 10.0. The van der Waals surface area contributed by atoms with Crippen molar-refractivity contribution in [3.63, 3.8) is 0 Å². The van der Waals surface area contributed by atoms with Crippen molar-refractivity contribution < 1.29 is 27.0 Å². The number of amides is 1. The Morgan fingerprint density at radius 3 is 2.32 bits per heavy atom. The van der Waals surface area contributed by atoms with Crippen molar-refractivity contribution in [2.45, 2.75) is 32.1 Å². The first-order valence-corrected chi connectivity index (χ1v) is 17.0. The molecule has 1 fully saturated rings. The van der Waals surface area contributed by atoms with Crippen LogP contribution >= 0.6 is 7.75 Å². The summed E-state index contributed by atoms with van der Waals surface area (Å²) in [5.41, 5.74) is 5.34. The Morgan fingerprint density at radius 2 is 1.71 bits per heavy atom. The Labute approximate surface area is 244 Å². The minimum atomic E-state index is -3.29. The van der Waals surface area contributed by atoms with E-state index in [2.05, 4.69) is 9.99 Å². The lowest BCUT2D eigenvalue weighted by atomic mass is 10.0. The predicted molar refractivity (Wildman–Crippen MR) is 162 cm³/mol. The van der Waals surface area contributed by atoms with Gasteiger partial charge in [-0.3, -0.25) is 23.0 Å². The molecule has 1 heterocycles. The van der Waals surface area contributed by atoms with Crippen LogP contribution < -0.4 is 5.09 Å². The van der Waals surface area contributed by atoms with Gasteiger partial charge in [-0.05, 0) is 84.5 Å². The van der Waals surface area contributed by atoms with E-state index in [0.29, 0.717) is 52.5 Å². The van der Waals surface area contributed by atoms with Gasteiger partial charge in [-0.1, -0.05) is 18.2 Å². The van der Waals surface area contributed by atoms with Gasteiger partial charge in [-0.25, -0.2) is 14.0 Å². The lowest BCUT2D eigenvalue weighted by Crippen LogP contribution is -2.49. The molecule has 41 heavy (non-hydrogen) atoms. The predicted octanol–water partition coefficient (Wildman–Crippen LogP) is 5.20. The summed E-state index contributed by atoms with van der Waals surface area (Å²) in [7, 11) is -4.35. The molecular weight excluding hydrogens is 564 g/mol. The first kappa shape index (κ1) is 31.5. The first-order chi connectivity index (χ1) is 19.6. The summed E-state index contributed by atoms with van der Waals surface area (Å²) in [6.45, 7) is 9.88. The molecule has 1 saturated heterocycles. The van der Waals surface area contributed by atoms with Gasteiger partial charge in [0.1, 0.15) is 5.82 Å². The van der Waals surface area contributed by atoms with Crippen molar-refractivity contribution in [3.8, 4) is 0 Å². The average molecular weight is 604 g/mol. The Morgan fingerprint density at radius 1 is 1.05 bits per heavy atom. The highest BCUT2D eigenvalue weighted by Crippen LogP contribution is 2.44. The molecule has 1 N–H and O–H groups in total. The van der Waals surface area contributed by atoms with Crippen LogP contribution in [0.5, 0.6) is 0 Å². The van der Waals surface area contributed by atoms with E-state index in [1.54, 1.807) is 26.2 Å². The quantitative estimate of drug-likeness (QED) is 0.334. The maximum atomic E-state index is 14.3. The SMILES string of the molecule is CCOP(=O)(NCCN1CCN(C(=O)CC2=C(C)/C(=C/c3ccc(S(C)=O)cc3)c3cc(F)ccc32)CC1)OCC. The molecule has 1 atom stereocenters. The molecule has 0 aromatic heterocycles. The Hall–Kier alpha value is -2.46. The average Bonchev–Trinajstić information content (AvgIpc) is 3.19. The van der Waals surface area contributed by atoms with Gasteiger partial charge in [-0.15, -0.1) is 0 Å². The molecular formula is C30H39FN3O5PS. The van der Waals surface area contributed by atoms with E-state index in [9.17, 15) is 18.0 Å². The van der Waals surface area contributed by atoms with Crippen LogP contribution in [0.15, 0.2) is 52.9 Å². The Balaban J connectivity index is 1.40. The number of nitrogens with one attached hydrogen (secondary N) is 1. The van der Waals surface area contributed by atoms with Crippen LogP contribution in [0.3, 0.4) is 0 Å². The molecule has 2 aromatic carbocycles. The third-order valence-electron chi connectivity index (χ3n) is 7.36. The molecule has 4 rings (SSSR count). The summed E-state index contributed by atoms with van der Waals surface area (Å²) in [4.78, 5) is 18.3. The van der Waals surface area contributed by atoms with Crippen molar-refractivity contribution in [3.05, 3.63) is 70.5 Å². The zero-order valence-corrected chi connectivity index (χ0v) is 25.9. The first-order valence-electron chi connectivity index (χ1n) is 13.9. The highest BCUT2D eigenvalue weighted by molar-refractivity contribution is 7.84. The third kappa shape index (κ3) is 7.89. The lowest BCUT2D eigenvalue weighted by Gasteiger charge is -2.35. The number of hydrogen-bond donors (Lipinski definition) is 1. The van der Waals surface area contributed by atoms with Crippen LogP contribution in [0.2, 0.25) is 0 Å². The molecule has 1 amide bonds. The molecule has 1 aliphatic heterocycles. The van der Waals surface area contributed by atoms with Crippen molar-refractivity contribution in [1.29, 1.82) is 0 Å². The summed E-state index contributed by atoms with van der Waals surface area (Å²) in [5.74, 6) is -0.281. The van der Waals surface area contributed by atoms with Crippen LogP contribution in [0.1, 0.15) is 43.9 Å². The smallest absolute Gasteiger partial charge is 0.340 e. The molecule has 2 aliphatic rings. The van der Waals surface area contributed by atoms with E-state index >= 15 is 0 Å². The van der Waals surface area contributed by atoms with E-state index in [0.717, 1.165) is 38.3 Å². The molecule has 11 heteroatoms. The fraction of sp³-hybridized carbons (Fsp3) is 0.433. The molecule has 222 valence electrons. The standard InChI is InChI=1S/C30H39FN3O5PS/c1-5-38-40(36,39-6-2)32-13-14-33-15-17-34(18-16-33)30(35)21-28-22(3)27(29-20-24(31)9-12-26(28)29)19-23-7-10-25(11-8-23)41(4)37/h7-12,19-20H,5-6,13-18,21H2,1-4H3,(H,32,36)/b27-19-. The highest BCUT2D eigenvalue weighted by Gasteiger charge is 2.29. The fourth-order valence-electron chi connectivity index (χ4n) is 5.20. The summed E-state index contributed by atoms with van der Waals surface area (Å²) in [5, 5.41) is 2.91.